The molecule has 2 aromatic carbocycles. The van der Waals surface area contributed by atoms with Crippen LogP contribution in [0.15, 0.2) is 34.8 Å². The van der Waals surface area contributed by atoms with Crippen LogP contribution in [0.4, 0.5) is 4.79 Å². The molecule has 3 rings (SSSR count). The Kier molecular flexibility index (Phi) is 4.54. The number of halogens is 1. The van der Waals surface area contributed by atoms with E-state index in [2.05, 4.69) is 15.9 Å². The molecule has 0 spiro atoms. The fourth-order valence-corrected chi connectivity index (χ4v) is 3.35. The molecule has 0 aliphatic heterocycles. The van der Waals surface area contributed by atoms with Crippen LogP contribution in [0.5, 0.6) is 5.75 Å². The van der Waals surface area contributed by atoms with Crippen LogP contribution < -0.4 is 4.74 Å². The lowest BCUT2D eigenvalue weighted by molar-refractivity contribution is 0.0551. The zero-order valence-electron chi connectivity index (χ0n) is 15.1. The van der Waals surface area contributed by atoms with E-state index < -0.39 is 5.60 Å². The predicted molar refractivity (Wildman–Crippen MR) is 105 cm³/mol. The number of rotatable bonds is 2. The van der Waals surface area contributed by atoms with Gasteiger partial charge in [0.15, 0.2) is 0 Å². The second-order valence-electron chi connectivity index (χ2n) is 7.02. The molecule has 132 valence electrons. The largest absolute Gasteiger partial charge is 0.493 e. The van der Waals surface area contributed by atoms with E-state index in [1.54, 1.807) is 4.57 Å². The third kappa shape index (κ3) is 3.25. The highest BCUT2D eigenvalue weighted by atomic mass is 79.9. The molecule has 0 aliphatic carbocycles. The molecule has 3 aromatic rings. The normalized spacial score (nSPS) is 11.9. The van der Waals surface area contributed by atoms with Crippen molar-refractivity contribution in [2.24, 2.45) is 0 Å². The van der Waals surface area contributed by atoms with Gasteiger partial charge in [-0.15, -0.1) is 0 Å². The molecule has 0 radical (unpaired) electrons. The number of hydrogen-bond donors (Lipinski definition) is 0. The molecule has 4 nitrogen and oxygen atoms in total. The topological polar surface area (TPSA) is 40.5 Å². The van der Waals surface area contributed by atoms with Crippen LogP contribution in [0, 0.1) is 6.92 Å². The van der Waals surface area contributed by atoms with Crippen LogP contribution in [0.2, 0.25) is 0 Å². The molecule has 0 unspecified atom stereocenters. The van der Waals surface area contributed by atoms with Gasteiger partial charge in [-0.2, -0.15) is 0 Å². The second kappa shape index (κ2) is 6.37. The summed E-state index contributed by atoms with van der Waals surface area (Å²) in [4.78, 5) is 12.9. The van der Waals surface area contributed by atoms with Crippen LogP contribution >= 0.6 is 15.9 Å². The average molecular weight is 404 g/mol. The van der Waals surface area contributed by atoms with E-state index in [1.807, 2.05) is 65.0 Å². The van der Waals surface area contributed by atoms with Gasteiger partial charge in [0.1, 0.15) is 11.4 Å². The molecule has 5 heteroatoms. The smallest absolute Gasteiger partial charge is 0.419 e. The highest BCUT2D eigenvalue weighted by Gasteiger charge is 2.24. The van der Waals surface area contributed by atoms with Crippen molar-refractivity contribution in [3.63, 3.8) is 0 Å². The first kappa shape index (κ1) is 17.8. The monoisotopic (exact) mass is 403 g/mol. The molecule has 0 saturated heterocycles. The number of ether oxygens (including phenoxy) is 2. The SMILES string of the molecule is CCOc1c(C)ccc2c1c1cc(Br)ccc1n2C(=O)OC(C)(C)C. The van der Waals surface area contributed by atoms with Gasteiger partial charge in [0.2, 0.25) is 0 Å². The Balaban J connectivity index is 2.40. The number of aromatic nitrogens is 1. The maximum atomic E-state index is 12.9. The second-order valence-corrected chi connectivity index (χ2v) is 7.93. The number of carbonyl (C=O) groups excluding carboxylic acids is 1. The van der Waals surface area contributed by atoms with E-state index in [9.17, 15) is 4.79 Å². The van der Waals surface area contributed by atoms with Gasteiger partial charge in [-0.25, -0.2) is 9.36 Å². The minimum atomic E-state index is -0.567. The number of nitrogens with zero attached hydrogens (tertiary/aromatic N) is 1. The van der Waals surface area contributed by atoms with Gasteiger partial charge in [0, 0.05) is 9.86 Å². The summed E-state index contributed by atoms with van der Waals surface area (Å²) in [5.74, 6) is 0.811. The minimum Gasteiger partial charge on any atom is -0.493 e. The van der Waals surface area contributed by atoms with Gasteiger partial charge >= 0.3 is 6.09 Å². The van der Waals surface area contributed by atoms with E-state index in [-0.39, 0.29) is 6.09 Å². The van der Waals surface area contributed by atoms with E-state index >= 15 is 0 Å². The first-order valence-electron chi connectivity index (χ1n) is 8.32. The summed E-state index contributed by atoms with van der Waals surface area (Å²) in [7, 11) is 0. The molecule has 0 N–H and O–H groups in total. The zero-order chi connectivity index (χ0) is 18.4. The predicted octanol–water partition coefficient (Wildman–Crippen LogP) is 6.05. The standard InChI is InChI=1S/C20H22BrNO3/c1-6-24-18-12(2)7-9-16-17(18)14-11-13(21)8-10-15(14)22(16)19(23)25-20(3,4)5/h7-11H,6H2,1-5H3. The van der Waals surface area contributed by atoms with E-state index in [0.29, 0.717) is 6.61 Å². The van der Waals surface area contributed by atoms with E-state index in [0.717, 1.165) is 37.6 Å². The molecule has 0 bridgehead atoms. The van der Waals surface area contributed by atoms with Crippen molar-refractivity contribution in [1.29, 1.82) is 0 Å². The lowest BCUT2D eigenvalue weighted by Gasteiger charge is -2.20. The van der Waals surface area contributed by atoms with Crippen LogP contribution in [0.25, 0.3) is 21.8 Å². The third-order valence-corrected chi connectivity index (χ3v) is 4.40. The quantitative estimate of drug-likeness (QED) is 0.522. The summed E-state index contributed by atoms with van der Waals surface area (Å²) in [6, 6.07) is 9.79. The van der Waals surface area contributed by atoms with Gasteiger partial charge in [-0.3, -0.25) is 0 Å². The number of aryl methyl sites for hydroxylation is 1. The van der Waals surface area contributed by atoms with Crippen molar-refractivity contribution in [2.75, 3.05) is 6.61 Å². The Morgan fingerprint density at radius 1 is 1.16 bits per heavy atom. The fourth-order valence-electron chi connectivity index (χ4n) is 2.99. The lowest BCUT2D eigenvalue weighted by Crippen LogP contribution is -2.27. The molecular formula is C20H22BrNO3. The van der Waals surface area contributed by atoms with Crippen LogP contribution in [-0.2, 0) is 4.74 Å². The molecule has 1 aromatic heterocycles. The fraction of sp³-hybridized carbons (Fsp3) is 0.350. The van der Waals surface area contributed by atoms with Gasteiger partial charge in [0.05, 0.1) is 23.0 Å². The Hall–Kier alpha value is -2.01. The van der Waals surface area contributed by atoms with Crippen molar-refractivity contribution in [2.45, 2.75) is 40.2 Å². The molecule has 0 saturated carbocycles. The Morgan fingerprint density at radius 3 is 2.48 bits per heavy atom. The number of fused-ring (bicyclic) bond motifs is 3. The molecule has 0 aliphatic rings. The molecule has 0 atom stereocenters. The highest BCUT2D eigenvalue weighted by Crippen LogP contribution is 2.39. The Bertz CT molecular complexity index is 967. The molecule has 1 heterocycles. The number of hydrogen-bond acceptors (Lipinski definition) is 3. The summed E-state index contributed by atoms with van der Waals surface area (Å²) in [5.41, 5.74) is 2.07. The number of benzene rings is 2. The molecule has 0 amide bonds. The van der Waals surface area contributed by atoms with Gasteiger partial charge in [0.25, 0.3) is 0 Å². The van der Waals surface area contributed by atoms with Crippen molar-refractivity contribution in [1.82, 2.24) is 4.57 Å². The Labute approximate surface area is 155 Å². The molecule has 0 fully saturated rings. The summed E-state index contributed by atoms with van der Waals surface area (Å²) in [5, 5.41) is 1.89. The van der Waals surface area contributed by atoms with E-state index in [4.69, 9.17) is 9.47 Å². The Morgan fingerprint density at radius 2 is 1.84 bits per heavy atom. The van der Waals surface area contributed by atoms with Gasteiger partial charge < -0.3 is 9.47 Å². The van der Waals surface area contributed by atoms with Crippen LogP contribution in [0.1, 0.15) is 33.3 Å². The van der Waals surface area contributed by atoms with Crippen molar-refractivity contribution in [3.05, 3.63) is 40.4 Å². The number of carbonyl (C=O) groups is 1. The molecular weight excluding hydrogens is 382 g/mol. The first-order chi connectivity index (χ1) is 11.7. The van der Waals surface area contributed by atoms with Gasteiger partial charge in [-0.1, -0.05) is 22.0 Å². The first-order valence-corrected chi connectivity index (χ1v) is 9.11. The van der Waals surface area contributed by atoms with Crippen molar-refractivity contribution >= 4 is 43.8 Å². The zero-order valence-corrected chi connectivity index (χ0v) is 16.7. The lowest BCUT2D eigenvalue weighted by atomic mass is 10.1. The maximum Gasteiger partial charge on any atom is 0.419 e. The van der Waals surface area contributed by atoms with Gasteiger partial charge in [-0.05, 0) is 64.4 Å². The van der Waals surface area contributed by atoms with Crippen molar-refractivity contribution < 1.29 is 14.3 Å². The average Bonchev–Trinajstić information content (AvgIpc) is 2.82. The van der Waals surface area contributed by atoms with Crippen molar-refractivity contribution in [3.8, 4) is 5.75 Å². The maximum absolute atomic E-state index is 12.9. The summed E-state index contributed by atoms with van der Waals surface area (Å²) in [6.07, 6.45) is -0.388. The van der Waals surface area contributed by atoms with Crippen LogP contribution in [0.3, 0.4) is 0 Å². The third-order valence-electron chi connectivity index (χ3n) is 3.91. The minimum absolute atomic E-state index is 0.388. The summed E-state index contributed by atoms with van der Waals surface area (Å²) >= 11 is 3.53. The summed E-state index contributed by atoms with van der Waals surface area (Å²) in [6.45, 7) is 10.1. The van der Waals surface area contributed by atoms with Crippen LogP contribution in [-0.4, -0.2) is 22.9 Å². The summed E-state index contributed by atoms with van der Waals surface area (Å²) < 4.78 is 14.1. The van der Waals surface area contributed by atoms with E-state index in [1.165, 1.54) is 0 Å². The highest BCUT2D eigenvalue weighted by molar-refractivity contribution is 9.10. The molecule has 25 heavy (non-hydrogen) atoms.